The smallest absolute Gasteiger partial charge is 0.252 e. The Morgan fingerprint density at radius 3 is 2.62 bits per heavy atom. The zero-order chi connectivity index (χ0) is 17.7. The Kier molecular flexibility index (Phi) is 5.56. The molecule has 1 heterocycles. The Bertz CT molecular complexity index is 820. The molecule has 1 aromatic carbocycles. The number of rotatable bonds is 6. The highest BCUT2D eigenvalue weighted by Gasteiger charge is 2.19. The van der Waals surface area contributed by atoms with Gasteiger partial charge in [0.15, 0.2) is 0 Å². The molecule has 1 N–H and O–H groups in total. The van der Waals surface area contributed by atoms with Crippen LogP contribution in [0.1, 0.15) is 21.5 Å². The van der Waals surface area contributed by atoms with Crippen LogP contribution in [0.25, 0.3) is 0 Å². The van der Waals surface area contributed by atoms with Gasteiger partial charge in [-0.1, -0.05) is 12.1 Å². The van der Waals surface area contributed by atoms with Crippen LogP contribution in [0.2, 0.25) is 0 Å². The molecule has 0 aliphatic heterocycles. The topological polar surface area (TPSA) is 79.4 Å². The summed E-state index contributed by atoms with van der Waals surface area (Å²) in [5, 5.41) is 2.72. The minimum absolute atomic E-state index is 0.162. The van der Waals surface area contributed by atoms with Crippen LogP contribution in [0.4, 0.5) is 5.69 Å². The molecule has 0 bridgehead atoms. The monoisotopic (exact) mass is 347 g/mol. The molecule has 1 aromatic heterocycles. The first kappa shape index (κ1) is 17.9. The molecule has 2 rings (SSSR count). The van der Waals surface area contributed by atoms with Crippen molar-refractivity contribution in [2.75, 3.05) is 23.7 Å². The van der Waals surface area contributed by atoms with Crippen LogP contribution in [0.5, 0.6) is 0 Å². The van der Waals surface area contributed by atoms with E-state index in [4.69, 9.17) is 0 Å². The van der Waals surface area contributed by atoms with Gasteiger partial charge in [0.1, 0.15) is 0 Å². The van der Waals surface area contributed by atoms with E-state index in [9.17, 15) is 13.2 Å². The van der Waals surface area contributed by atoms with E-state index >= 15 is 0 Å². The predicted octanol–water partition coefficient (Wildman–Crippen LogP) is 1.89. The van der Waals surface area contributed by atoms with Crippen molar-refractivity contribution in [3.8, 4) is 0 Å². The lowest BCUT2D eigenvalue weighted by Gasteiger charge is -2.24. The van der Waals surface area contributed by atoms with Gasteiger partial charge in [0.2, 0.25) is 10.0 Å². The second kappa shape index (κ2) is 7.44. The second-order valence-electron chi connectivity index (χ2n) is 5.62. The van der Waals surface area contributed by atoms with E-state index in [0.29, 0.717) is 11.3 Å². The maximum absolute atomic E-state index is 12.1. The number of carbonyl (C=O) groups excluding carboxylic acids is 1. The molecule has 24 heavy (non-hydrogen) atoms. The van der Waals surface area contributed by atoms with Gasteiger partial charge in [-0.15, -0.1) is 0 Å². The fourth-order valence-corrected chi connectivity index (χ4v) is 3.30. The molecule has 0 atom stereocenters. The number of sulfonamides is 1. The summed E-state index contributed by atoms with van der Waals surface area (Å²) < 4.78 is 25.6. The molecule has 0 aliphatic rings. The SMILES string of the molecule is Cc1ccc(C)c(N(CCNC(=O)c2cccnc2)S(C)(=O)=O)c1. The molecule has 0 fully saturated rings. The minimum Gasteiger partial charge on any atom is -0.350 e. The van der Waals surface area contributed by atoms with Crippen molar-refractivity contribution in [2.45, 2.75) is 13.8 Å². The molecule has 0 radical (unpaired) electrons. The summed E-state index contributed by atoms with van der Waals surface area (Å²) in [6, 6.07) is 8.98. The van der Waals surface area contributed by atoms with Crippen molar-refractivity contribution in [3.63, 3.8) is 0 Å². The van der Waals surface area contributed by atoms with Gasteiger partial charge in [0.05, 0.1) is 24.1 Å². The van der Waals surface area contributed by atoms with Crippen LogP contribution in [-0.2, 0) is 10.0 Å². The molecule has 0 saturated carbocycles. The zero-order valence-corrected chi connectivity index (χ0v) is 14.8. The number of carbonyl (C=O) groups is 1. The van der Waals surface area contributed by atoms with Crippen LogP contribution in [-0.4, -0.2) is 38.7 Å². The zero-order valence-electron chi connectivity index (χ0n) is 14.0. The van der Waals surface area contributed by atoms with Gasteiger partial charge < -0.3 is 5.32 Å². The number of benzene rings is 1. The number of aromatic nitrogens is 1. The lowest BCUT2D eigenvalue weighted by molar-refractivity contribution is 0.0954. The molecule has 6 nitrogen and oxygen atoms in total. The number of hydrogen-bond donors (Lipinski definition) is 1. The quantitative estimate of drug-likeness (QED) is 0.865. The minimum atomic E-state index is -3.45. The van der Waals surface area contributed by atoms with Gasteiger partial charge in [-0.2, -0.15) is 0 Å². The summed E-state index contributed by atoms with van der Waals surface area (Å²) in [7, 11) is -3.45. The predicted molar refractivity (Wildman–Crippen MR) is 94.7 cm³/mol. The number of amides is 1. The van der Waals surface area contributed by atoms with Crippen LogP contribution in [0.15, 0.2) is 42.7 Å². The summed E-state index contributed by atoms with van der Waals surface area (Å²) >= 11 is 0. The van der Waals surface area contributed by atoms with Gasteiger partial charge in [-0.05, 0) is 43.2 Å². The third kappa shape index (κ3) is 4.55. The van der Waals surface area contributed by atoms with E-state index in [1.807, 2.05) is 32.0 Å². The normalized spacial score (nSPS) is 11.1. The van der Waals surface area contributed by atoms with E-state index in [1.54, 1.807) is 18.3 Å². The number of aryl methyl sites for hydroxylation is 2. The van der Waals surface area contributed by atoms with Gasteiger partial charge >= 0.3 is 0 Å². The fraction of sp³-hybridized carbons (Fsp3) is 0.294. The first-order valence-electron chi connectivity index (χ1n) is 7.52. The molecule has 2 aromatic rings. The lowest BCUT2D eigenvalue weighted by atomic mass is 10.1. The molecule has 0 unspecified atom stereocenters. The number of nitrogens with zero attached hydrogens (tertiary/aromatic N) is 2. The third-order valence-corrected chi connectivity index (χ3v) is 4.74. The largest absolute Gasteiger partial charge is 0.350 e. The van der Waals surface area contributed by atoms with E-state index in [0.717, 1.165) is 17.4 Å². The number of anilines is 1. The van der Waals surface area contributed by atoms with E-state index in [2.05, 4.69) is 10.3 Å². The standard InChI is InChI=1S/C17H21N3O3S/c1-13-6-7-14(2)16(11-13)20(24(3,22)23)10-9-19-17(21)15-5-4-8-18-12-15/h4-8,11-12H,9-10H2,1-3H3,(H,19,21). The van der Waals surface area contributed by atoms with E-state index in [1.165, 1.54) is 10.5 Å². The molecule has 0 spiro atoms. The highest BCUT2D eigenvalue weighted by Crippen LogP contribution is 2.23. The Morgan fingerprint density at radius 2 is 2.00 bits per heavy atom. The number of nitrogens with one attached hydrogen (secondary N) is 1. The number of pyridine rings is 1. The third-order valence-electron chi connectivity index (χ3n) is 3.56. The van der Waals surface area contributed by atoms with Gasteiger partial charge in [0.25, 0.3) is 5.91 Å². The summed E-state index contributed by atoms with van der Waals surface area (Å²) in [5.41, 5.74) is 2.91. The maximum Gasteiger partial charge on any atom is 0.252 e. The van der Waals surface area contributed by atoms with Crippen molar-refractivity contribution in [2.24, 2.45) is 0 Å². The molecule has 1 amide bonds. The van der Waals surface area contributed by atoms with Crippen molar-refractivity contribution in [1.29, 1.82) is 0 Å². The summed E-state index contributed by atoms with van der Waals surface area (Å²) in [6.45, 7) is 4.14. The van der Waals surface area contributed by atoms with Crippen LogP contribution < -0.4 is 9.62 Å². The molecule has 0 saturated heterocycles. The Morgan fingerprint density at radius 1 is 1.25 bits per heavy atom. The van der Waals surface area contributed by atoms with Crippen molar-refractivity contribution in [3.05, 3.63) is 59.4 Å². The van der Waals surface area contributed by atoms with Crippen molar-refractivity contribution in [1.82, 2.24) is 10.3 Å². The molecular weight excluding hydrogens is 326 g/mol. The average molecular weight is 347 g/mol. The molecule has 128 valence electrons. The van der Waals surface area contributed by atoms with Crippen LogP contribution >= 0.6 is 0 Å². The van der Waals surface area contributed by atoms with E-state index < -0.39 is 10.0 Å². The second-order valence-corrected chi connectivity index (χ2v) is 7.53. The highest BCUT2D eigenvalue weighted by atomic mass is 32.2. The maximum atomic E-state index is 12.1. The Hall–Kier alpha value is -2.41. The Labute approximate surface area is 142 Å². The summed E-state index contributed by atoms with van der Waals surface area (Å²) in [4.78, 5) is 15.9. The van der Waals surface area contributed by atoms with Crippen LogP contribution in [0.3, 0.4) is 0 Å². The van der Waals surface area contributed by atoms with Crippen molar-refractivity contribution >= 4 is 21.6 Å². The first-order valence-corrected chi connectivity index (χ1v) is 9.37. The molecule has 0 aliphatic carbocycles. The first-order chi connectivity index (χ1) is 11.3. The summed E-state index contributed by atoms with van der Waals surface area (Å²) in [6.07, 6.45) is 4.22. The van der Waals surface area contributed by atoms with E-state index in [-0.39, 0.29) is 19.0 Å². The fourth-order valence-electron chi connectivity index (χ4n) is 2.32. The molecule has 7 heteroatoms. The van der Waals surface area contributed by atoms with Crippen molar-refractivity contribution < 1.29 is 13.2 Å². The number of hydrogen-bond acceptors (Lipinski definition) is 4. The van der Waals surface area contributed by atoms with Gasteiger partial charge in [0, 0.05) is 18.9 Å². The average Bonchev–Trinajstić information content (AvgIpc) is 2.53. The Balaban J connectivity index is 2.11. The summed E-state index contributed by atoms with van der Waals surface area (Å²) in [5.74, 6) is -0.280. The highest BCUT2D eigenvalue weighted by molar-refractivity contribution is 7.92. The van der Waals surface area contributed by atoms with Gasteiger partial charge in [-0.3, -0.25) is 14.1 Å². The molecular formula is C17H21N3O3S. The van der Waals surface area contributed by atoms with Crippen LogP contribution in [0, 0.1) is 13.8 Å². The van der Waals surface area contributed by atoms with Gasteiger partial charge in [-0.25, -0.2) is 8.42 Å². The lowest BCUT2D eigenvalue weighted by Crippen LogP contribution is -2.38.